The van der Waals surface area contributed by atoms with Gasteiger partial charge in [-0.2, -0.15) is 0 Å². The fraction of sp³-hybridized carbons (Fsp3) is 0.650. The van der Waals surface area contributed by atoms with E-state index in [0.717, 1.165) is 25.7 Å². The van der Waals surface area contributed by atoms with Crippen LogP contribution in [-0.2, 0) is 22.8 Å². The summed E-state index contributed by atoms with van der Waals surface area (Å²) in [5.74, 6) is -1.01. The smallest absolute Gasteiger partial charge is 0.272 e. The Morgan fingerprint density at radius 2 is 1.40 bits per heavy atom. The van der Waals surface area contributed by atoms with Gasteiger partial charge >= 0.3 is 0 Å². The first-order valence-corrected chi connectivity index (χ1v) is 12.8. The van der Waals surface area contributed by atoms with E-state index in [1.54, 1.807) is 6.92 Å². The molecule has 2 unspecified atom stereocenters. The molecular weight excluding hydrogens is 430 g/mol. The summed E-state index contributed by atoms with van der Waals surface area (Å²) in [5.41, 5.74) is 3.90. The number of hydrogen-bond acceptors (Lipinski definition) is 8. The van der Waals surface area contributed by atoms with E-state index in [0.29, 0.717) is 12.8 Å². The minimum Gasteiger partial charge on any atom is -0.790 e. The third kappa shape index (κ3) is 16.9. The van der Waals surface area contributed by atoms with E-state index >= 15 is 0 Å². The van der Waals surface area contributed by atoms with Gasteiger partial charge in [-0.3, -0.25) is 13.7 Å². The summed E-state index contributed by atoms with van der Waals surface area (Å²) in [6, 6.07) is 0. The van der Waals surface area contributed by atoms with Crippen molar-refractivity contribution in [2.45, 2.75) is 73.1 Å². The lowest BCUT2D eigenvalue weighted by Gasteiger charge is -2.35. The molecule has 174 valence electrons. The maximum Gasteiger partial charge on any atom is 0.272 e. The Hall–Kier alpha value is -0.850. The van der Waals surface area contributed by atoms with Crippen LogP contribution >= 0.6 is 15.6 Å². The van der Waals surface area contributed by atoms with Gasteiger partial charge in [-0.05, 0) is 66.2 Å². The topological polar surface area (TPSA) is 139 Å². The summed E-state index contributed by atoms with van der Waals surface area (Å²) in [5, 5.41) is 0. The number of rotatable bonds is 15. The first-order valence-electron chi connectivity index (χ1n) is 9.88. The number of phosphoric acid groups is 2. The second-order valence-corrected chi connectivity index (χ2v) is 10.4. The van der Waals surface area contributed by atoms with Crippen molar-refractivity contribution in [3.63, 3.8) is 0 Å². The van der Waals surface area contributed by atoms with Crippen LogP contribution in [0.1, 0.15) is 73.1 Å². The summed E-state index contributed by atoms with van der Waals surface area (Å²) in [7, 11) is -11.1. The molecule has 0 aromatic heterocycles. The number of carbonyl (C=O) groups excluding carboxylic acids is 1. The molecule has 0 rings (SSSR count). The largest absolute Gasteiger partial charge is 0.790 e. The predicted molar refractivity (Wildman–Crippen MR) is 111 cm³/mol. The summed E-state index contributed by atoms with van der Waals surface area (Å²) >= 11 is 0. The SMILES string of the molecule is CC(C)=CCC/C(C)=C/CC/C(C)=C/CCC(C)C(=O)COP(=O)([O-])OP(=O)([O-])[O-]. The van der Waals surface area contributed by atoms with Gasteiger partial charge in [-0.25, -0.2) is 0 Å². The van der Waals surface area contributed by atoms with Gasteiger partial charge in [0.05, 0.1) is 7.82 Å². The standard InChI is InChI=1S/C20H36O8P2/c1-16(2)9-6-10-17(3)11-7-12-18(4)13-8-14-19(5)20(21)15-27-30(25,26)28-29(22,23)24/h9,11,13,19H,6-8,10,12,14-15H2,1-5H3,(H,25,26)(H2,22,23,24)/p-3/b17-11+,18-13+. The molecule has 0 heterocycles. The van der Waals surface area contributed by atoms with Crippen LogP contribution in [0.5, 0.6) is 0 Å². The highest BCUT2D eigenvalue weighted by atomic mass is 31.3. The van der Waals surface area contributed by atoms with Gasteiger partial charge in [0.1, 0.15) is 6.61 Å². The van der Waals surface area contributed by atoms with Crippen molar-refractivity contribution >= 4 is 21.4 Å². The van der Waals surface area contributed by atoms with Crippen molar-refractivity contribution in [1.29, 1.82) is 0 Å². The lowest BCUT2D eigenvalue weighted by atomic mass is 9.99. The lowest BCUT2D eigenvalue weighted by Crippen LogP contribution is -2.22. The number of ketones is 1. The van der Waals surface area contributed by atoms with Gasteiger partial charge < -0.3 is 23.8 Å². The molecule has 10 heteroatoms. The minimum absolute atomic E-state index is 0.488. The molecule has 0 aliphatic rings. The average molecular weight is 463 g/mol. The second-order valence-electron chi connectivity index (χ2n) is 7.65. The lowest BCUT2D eigenvalue weighted by molar-refractivity contribution is -0.339. The molecule has 0 spiro atoms. The maximum absolute atomic E-state index is 11.9. The monoisotopic (exact) mass is 463 g/mol. The quantitative estimate of drug-likeness (QED) is 0.264. The van der Waals surface area contributed by atoms with Gasteiger partial charge in [-0.15, -0.1) is 0 Å². The molecule has 0 bridgehead atoms. The fourth-order valence-electron chi connectivity index (χ4n) is 2.51. The first kappa shape index (κ1) is 29.1. The molecular formula is C20H33O8P2-3. The molecule has 0 saturated heterocycles. The van der Waals surface area contributed by atoms with Crippen LogP contribution in [0.3, 0.4) is 0 Å². The van der Waals surface area contributed by atoms with Crippen LogP contribution in [0, 0.1) is 5.92 Å². The van der Waals surface area contributed by atoms with Crippen molar-refractivity contribution in [2.24, 2.45) is 5.92 Å². The molecule has 30 heavy (non-hydrogen) atoms. The molecule has 0 saturated carbocycles. The second kappa shape index (κ2) is 14.3. The molecule has 0 aliphatic heterocycles. The molecule has 0 fully saturated rings. The molecule has 8 nitrogen and oxygen atoms in total. The van der Waals surface area contributed by atoms with Gasteiger partial charge in [0.25, 0.3) is 7.82 Å². The van der Waals surface area contributed by atoms with E-state index in [2.05, 4.69) is 41.8 Å². The Labute approximate surface area is 179 Å². The highest BCUT2D eigenvalue weighted by molar-refractivity contribution is 7.58. The normalized spacial score (nSPS) is 16.1. The van der Waals surface area contributed by atoms with Gasteiger partial charge in [0.15, 0.2) is 5.78 Å². The maximum atomic E-state index is 11.9. The number of Topliss-reactive ketones (excluding diaryl/α,β-unsaturated/α-hetero) is 1. The van der Waals surface area contributed by atoms with E-state index in [4.69, 9.17) is 0 Å². The van der Waals surface area contributed by atoms with Crippen LogP contribution in [0.4, 0.5) is 0 Å². The number of hydrogen-bond donors (Lipinski definition) is 0. The van der Waals surface area contributed by atoms with Crippen LogP contribution < -0.4 is 14.7 Å². The molecule has 0 aliphatic carbocycles. The van der Waals surface area contributed by atoms with Crippen LogP contribution in [0.15, 0.2) is 34.9 Å². The van der Waals surface area contributed by atoms with Crippen LogP contribution in [0.25, 0.3) is 0 Å². The average Bonchev–Trinajstić information content (AvgIpc) is 2.57. The van der Waals surface area contributed by atoms with Gasteiger partial charge in [0.2, 0.25) is 0 Å². The van der Waals surface area contributed by atoms with Crippen molar-refractivity contribution in [2.75, 3.05) is 6.61 Å². The zero-order valence-electron chi connectivity index (χ0n) is 18.4. The van der Waals surface area contributed by atoms with Gasteiger partial charge in [-0.1, -0.05) is 41.9 Å². The number of carbonyl (C=O) groups is 1. The van der Waals surface area contributed by atoms with Gasteiger partial charge in [0, 0.05) is 5.92 Å². The first-order chi connectivity index (χ1) is 13.7. The Balaban J connectivity index is 4.25. The third-order valence-electron chi connectivity index (χ3n) is 4.33. The van der Waals surface area contributed by atoms with E-state index in [-0.39, 0.29) is 0 Å². The highest BCUT2D eigenvalue weighted by Gasteiger charge is 2.18. The Morgan fingerprint density at radius 3 is 1.90 bits per heavy atom. The summed E-state index contributed by atoms with van der Waals surface area (Å²) in [6.45, 7) is 9.08. The summed E-state index contributed by atoms with van der Waals surface area (Å²) in [4.78, 5) is 43.7. The number of phosphoric ester groups is 1. The van der Waals surface area contributed by atoms with Crippen molar-refractivity contribution in [3.8, 4) is 0 Å². The Morgan fingerprint density at radius 1 is 0.900 bits per heavy atom. The third-order valence-corrected chi connectivity index (χ3v) is 6.38. The summed E-state index contributed by atoms with van der Waals surface area (Å²) < 4.78 is 28.9. The van der Waals surface area contributed by atoms with Crippen molar-refractivity contribution in [3.05, 3.63) is 34.9 Å². The molecule has 0 aromatic rings. The van der Waals surface area contributed by atoms with Crippen LogP contribution in [0.2, 0.25) is 0 Å². The zero-order valence-corrected chi connectivity index (χ0v) is 20.2. The number of allylic oxidation sites excluding steroid dienone is 6. The molecule has 0 N–H and O–H groups in total. The van der Waals surface area contributed by atoms with E-state index in [9.17, 15) is 28.6 Å². The van der Waals surface area contributed by atoms with Crippen molar-refractivity contribution < 1.29 is 37.4 Å². The van der Waals surface area contributed by atoms with E-state index < -0.39 is 34.0 Å². The predicted octanol–water partition coefficient (Wildman–Crippen LogP) is 3.72. The molecule has 2 atom stereocenters. The van der Waals surface area contributed by atoms with E-state index in [1.165, 1.54) is 16.7 Å². The molecule has 0 radical (unpaired) electrons. The van der Waals surface area contributed by atoms with Crippen molar-refractivity contribution in [1.82, 2.24) is 0 Å². The van der Waals surface area contributed by atoms with Crippen LogP contribution in [-0.4, -0.2) is 12.4 Å². The molecule has 0 amide bonds. The zero-order chi connectivity index (χ0) is 23.4. The Kier molecular flexibility index (Phi) is 13.9. The fourth-order valence-corrected chi connectivity index (χ4v) is 3.96. The molecule has 0 aromatic carbocycles. The Bertz CT molecular complexity index is 729. The highest BCUT2D eigenvalue weighted by Crippen LogP contribution is 2.50. The summed E-state index contributed by atoms with van der Waals surface area (Å²) in [6.07, 6.45) is 11.6. The minimum atomic E-state index is -5.75. The van der Waals surface area contributed by atoms with E-state index in [1.807, 2.05) is 13.0 Å².